The van der Waals surface area contributed by atoms with Gasteiger partial charge >= 0.3 is 5.97 Å². The van der Waals surface area contributed by atoms with Crippen LogP contribution < -0.4 is 32.7 Å². The molecule has 0 radical (unpaired) electrons. The van der Waals surface area contributed by atoms with Gasteiger partial charge in [0.05, 0.1) is 12.5 Å². The van der Waals surface area contributed by atoms with Gasteiger partial charge in [-0.2, -0.15) is 12.6 Å². The highest BCUT2D eigenvalue weighted by atomic mass is 32.1. The van der Waals surface area contributed by atoms with E-state index in [0.29, 0.717) is 13.0 Å². The lowest BCUT2D eigenvalue weighted by Crippen LogP contribution is -2.58. The molecule has 174 valence electrons. The van der Waals surface area contributed by atoms with Gasteiger partial charge in [-0.25, -0.2) is 4.79 Å². The number of carbonyl (C=O) groups excluding carboxylic acids is 5. The summed E-state index contributed by atoms with van der Waals surface area (Å²) in [5, 5.41) is 19.1. The largest absolute Gasteiger partial charge is 0.480 e. The van der Waals surface area contributed by atoms with Gasteiger partial charge in [0.25, 0.3) is 0 Å². The van der Waals surface area contributed by atoms with Crippen LogP contribution in [0.3, 0.4) is 0 Å². The van der Waals surface area contributed by atoms with E-state index in [1.54, 1.807) is 0 Å². The third-order valence-electron chi connectivity index (χ3n) is 4.52. The first kappa shape index (κ1) is 26.2. The van der Waals surface area contributed by atoms with Gasteiger partial charge in [-0.1, -0.05) is 0 Å². The normalized spacial score (nSPS) is 18.3. The molecule has 9 N–H and O–H groups in total. The quantitative estimate of drug-likeness (QED) is 0.128. The van der Waals surface area contributed by atoms with Gasteiger partial charge in [0.2, 0.25) is 29.5 Å². The van der Waals surface area contributed by atoms with Crippen LogP contribution in [0.5, 0.6) is 0 Å². The van der Waals surface area contributed by atoms with Crippen molar-refractivity contribution < 1.29 is 33.9 Å². The number of nitrogens with two attached hydrogens (primary N) is 2. The maximum atomic E-state index is 12.6. The Morgan fingerprint density at radius 1 is 0.968 bits per heavy atom. The van der Waals surface area contributed by atoms with Gasteiger partial charge in [0.1, 0.15) is 18.1 Å². The smallest absolute Gasteiger partial charge is 0.326 e. The maximum Gasteiger partial charge on any atom is 0.326 e. The Morgan fingerprint density at radius 2 is 1.58 bits per heavy atom. The van der Waals surface area contributed by atoms with E-state index in [0.717, 1.165) is 6.42 Å². The lowest BCUT2D eigenvalue weighted by atomic mass is 10.1. The number of carboxylic acid groups (broad SMARTS) is 1. The Morgan fingerprint density at radius 3 is 2.06 bits per heavy atom. The van der Waals surface area contributed by atoms with Crippen molar-refractivity contribution in [3.05, 3.63) is 0 Å². The number of hydrogen-bond acceptors (Lipinski definition) is 8. The lowest BCUT2D eigenvalue weighted by Gasteiger charge is -2.24. The summed E-state index contributed by atoms with van der Waals surface area (Å²) in [5.41, 5.74) is 10.1. The number of carbonyl (C=O) groups is 6. The molecule has 1 aliphatic heterocycles. The van der Waals surface area contributed by atoms with Crippen LogP contribution in [0.2, 0.25) is 0 Å². The molecule has 0 bridgehead atoms. The SMILES string of the molecule is NC(=O)CCC(NC(=O)C(CS)NC(=O)C(CC(N)=O)NC(=O)C1CCCN1)C(=O)O. The topological polar surface area (TPSA) is 223 Å². The number of primary amides is 2. The molecular formula is C17H28N6O7S. The van der Waals surface area contributed by atoms with Gasteiger partial charge in [0, 0.05) is 12.2 Å². The molecule has 4 unspecified atom stereocenters. The molecule has 0 aromatic heterocycles. The zero-order valence-electron chi connectivity index (χ0n) is 16.8. The fourth-order valence-electron chi connectivity index (χ4n) is 2.87. The van der Waals surface area contributed by atoms with Crippen molar-refractivity contribution in [3.8, 4) is 0 Å². The third-order valence-corrected chi connectivity index (χ3v) is 4.89. The average molecular weight is 461 g/mol. The molecule has 1 fully saturated rings. The average Bonchev–Trinajstić information content (AvgIpc) is 3.22. The highest BCUT2D eigenvalue weighted by molar-refractivity contribution is 7.80. The fraction of sp³-hybridized carbons (Fsp3) is 0.647. The van der Waals surface area contributed by atoms with Gasteiger partial charge in [-0.3, -0.25) is 24.0 Å². The Bertz CT molecular complexity index is 713. The molecule has 31 heavy (non-hydrogen) atoms. The zero-order chi connectivity index (χ0) is 23.6. The van der Waals surface area contributed by atoms with Gasteiger partial charge in [-0.15, -0.1) is 0 Å². The Hall–Kier alpha value is -2.87. The van der Waals surface area contributed by atoms with Crippen molar-refractivity contribution in [2.24, 2.45) is 11.5 Å². The molecule has 5 amide bonds. The standard InChI is InChI=1S/C17H28N6O7S/c18-12(24)4-3-9(17(29)30)21-16(28)11(7-31)23-15(27)10(6-13(19)25)22-14(26)8-2-1-5-20-8/h8-11,20,31H,1-7H2,(H2,18,24)(H2,19,25)(H,21,28)(H,22,26)(H,23,27)(H,29,30). The first-order chi connectivity index (χ1) is 14.5. The number of thiol groups is 1. The molecular weight excluding hydrogens is 432 g/mol. The van der Waals surface area contributed by atoms with Crippen LogP contribution in [-0.2, 0) is 28.8 Å². The number of nitrogens with one attached hydrogen (secondary N) is 4. The molecule has 1 rings (SSSR count). The first-order valence-corrected chi connectivity index (χ1v) is 10.2. The van der Waals surface area contributed by atoms with E-state index in [2.05, 4.69) is 33.9 Å². The second-order valence-electron chi connectivity index (χ2n) is 7.03. The van der Waals surface area contributed by atoms with E-state index in [4.69, 9.17) is 11.5 Å². The van der Waals surface area contributed by atoms with Crippen molar-refractivity contribution in [1.29, 1.82) is 0 Å². The molecule has 0 spiro atoms. The fourth-order valence-corrected chi connectivity index (χ4v) is 3.13. The highest BCUT2D eigenvalue weighted by Crippen LogP contribution is 2.06. The van der Waals surface area contributed by atoms with Crippen LogP contribution in [0.1, 0.15) is 32.1 Å². The number of aliphatic carboxylic acids is 1. The lowest BCUT2D eigenvalue weighted by molar-refractivity contribution is -0.142. The molecule has 0 saturated carbocycles. The number of amides is 5. The minimum absolute atomic E-state index is 0.207. The van der Waals surface area contributed by atoms with E-state index in [1.165, 1.54) is 0 Å². The van der Waals surface area contributed by atoms with Crippen LogP contribution in [0.4, 0.5) is 0 Å². The molecule has 1 heterocycles. The molecule has 1 saturated heterocycles. The Kier molecular flexibility index (Phi) is 10.8. The van der Waals surface area contributed by atoms with Gasteiger partial charge in [0.15, 0.2) is 0 Å². The summed E-state index contributed by atoms with van der Waals surface area (Å²) in [7, 11) is 0. The van der Waals surface area contributed by atoms with Crippen molar-refractivity contribution in [2.45, 2.75) is 56.3 Å². The Labute approximate surface area is 183 Å². The molecule has 0 aliphatic carbocycles. The van der Waals surface area contributed by atoms with Gasteiger partial charge < -0.3 is 37.8 Å². The van der Waals surface area contributed by atoms with Crippen LogP contribution in [0.15, 0.2) is 0 Å². The summed E-state index contributed by atoms with van der Waals surface area (Å²) in [5.74, 6) is -5.39. The van der Waals surface area contributed by atoms with E-state index in [9.17, 15) is 33.9 Å². The van der Waals surface area contributed by atoms with Crippen LogP contribution in [-0.4, -0.2) is 77.1 Å². The number of rotatable bonds is 13. The molecule has 0 aromatic rings. The highest BCUT2D eigenvalue weighted by Gasteiger charge is 2.31. The predicted molar refractivity (Wildman–Crippen MR) is 111 cm³/mol. The van der Waals surface area contributed by atoms with Crippen LogP contribution >= 0.6 is 12.6 Å². The third kappa shape index (κ3) is 9.21. The van der Waals surface area contributed by atoms with E-state index >= 15 is 0 Å². The molecule has 4 atom stereocenters. The van der Waals surface area contributed by atoms with Crippen molar-refractivity contribution >= 4 is 48.1 Å². The van der Waals surface area contributed by atoms with E-state index in [1.807, 2.05) is 0 Å². The summed E-state index contributed by atoms with van der Waals surface area (Å²) >= 11 is 3.98. The minimum Gasteiger partial charge on any atom is -0.480 e. The van der Waals surface area contributed by atoms with Crippen molar-refractivity contribution in [3.63, 3.8) is 0 Å². The second kappa shape index (κ2) is 12.7. The summed E-state index contributed by atoms with van der Waals surface area (Å²) in [6.45, 7) is 0.646. The summed E-state index contributed by atoms with van der Waals surface area (Å²) in [4.78, 5) is 70.7. The molecule has 14 heteroatoms. The minimum atomic E-state index is -1.41. The van der Waals surface area contributed by atoms with Crippen molar-refractivity contribution in [2.75, 3.05) is 12.3 Å². The summed E-state index contributed by atoms with van der Waals surface area (Å²) in [6, 6.07) is -4.52. The second-order valence-corrected chi connectivity index (χ2v) is 7.39. The molecule has 0 aromatic carbocycles. The van der Waals surface area contributed by atoms with E-state index in [-0.39, 0.29) is 18.6 Å². The van der Waals surface area contributed by atoms with E-state index < -0.39 is 66.1 Å². The monoisotopic (exact) mass is 460 g/mol. The summed E-state index contributed by atoms with van der Waals surface area (Å²) < 4.78 is 0. The van der Waals surface area contributed by atoms with Gasteiger partial charge in [-0.05, 0) is 25.8 Å². The molecule has 13 nitrogen and oxygen atoms in total. The van der Waals surface area contributed by atoms with Crippen molar-refractivity contribution in [1.82, 2.24) is 21.3 Å². The summed E-state index contributed by atoms with van der Waals surface area (Å²) in [6.07, 6.45) is 0.352. The predicted octanol–water partition coefficient (Wildman–Crippen LogP) is -3.65. The zero-order valence-corrected chi connectivity index (χ0v) is 17.7. The first-order valence-electron chi connectivity index (χ1n) is 9.59. The number of hydrogen-bond donors (Lipinski definition) is 8. The van der Waals surface area contributed by atoms with Crippen LogP contribution in [0.25, 0.3) is 0 Å². The van der Waals surface area contributed by atoms with Crippen LogP contribution in [0, 0.1) is 0 Å². The maximum absolute atomic E-state index is 12.6. The molecule has 1 aliphatic rings. The Balaban J connectivity index is 2.78. The number of carboxylic acids is 1.